The maximum atomic E-state index is 13.2. The zero-order chi connectivity index (χ0) is 22.1. The van der Waals surface area contributed by atoms with E-state index in [9.17, 15) is 9.59 Å². The number of rotatable bonds is 10. The molecule has 0 saturated carbocycles. The van der Waals surface area contributed by atoms with Crippen LogP contribution in [0.15, 0.2) is 53.4 Å². The highest BCUT2D eigenvalue weighted by molar-refractivity contribution is 7.99. The molecule has 0 unspecified atom stereocenters. The molecular weight excluding hydrogens is 439 g/mol. The first kappa shape index (κ1) is 24.6. The molecule has 7 heteroatoms. The number of thioether (sulfide) groups is 1. The smallest absolute Gasteiger partial charge is 0.243 e. The first-order chi connectivity index (χ1) is 14.3. The molecule has 1 atom stereocenters. The van der Waals surface area contributed by atoms with E-state index in [1.165, 1.54) is 0 Å². The summed E-state index contributed by atoms with van der Waals surface area (Å²) >= 11 is 13.8. The minimum absolute atomic E-state index is 0.00196. The Morgan fingerprint density at radius 1 is 1.07 bits per heavy atom. The lowest BCUT2D eigenvalue weighted by Crippen LogP contribution is -2.50. The Bertz CT molecular complexity index is 846. The minimum atomic E-state index is -0.545. The van der Waals surface area contributed by atoms with Crippen LogP contribution in [0.1, 0.15) is 39.2 Å². The van der Waals surface area contributed by atoms with E-state index >= 15 is 0 Å². The number of carbonyl (C=O) groups is 2. The third-order valence-corrected chi connectivity index (χ3v) is 6.23. The molecule has 0 heterocycles. The van der Waals surface area contributed by atoms with Crippen molar-refractivity contribution in [3.63, 3.8) is 0 Å². The molecule has 0 fully saturated rings. The van der Waals surface area contributed by atoms with Crippen LogP contribution in [0.2, 0.25) is 10.0 Å². The molecule has 0 aliphatic heterocycles. The van der Waals surface area contributed by atoms with Crippen LogP contribution in [-0.2, 0) is 16.1 Å². The maximum Gasteiger partial charge on any atom is 0.243 e. The number of nitrogens with one attached hydrogen (secondary N) is 1. The summed E-state index contributed by atoms with van der Waals surface area (Å²) < 4.78 is 0. The van der Waals surface area contributed by atoms with Crippen molar-refractivity contribution < 1.29 is 9.59 Å². The molecule has 0 aliphatic carbocycles. The third-order valence-electron chi connectivity index (χ3n) is 4.48. The Balaban J connectivity index is 2.16. The van der Waals surface area contributed by atoms with Crippen molar-refractivity contribution in [2.75, 3.05) is 5.75 Å². The molecule has 1 N–H and O–H groups in total. The van der Waals surface area contributed by atoms with E-state index in [0.717, 1.165) is 10.5 Å². The van der Waals surface area contributed by atoms with Crippen molar-refractivity contribution in [2.24, 2.45) is 0 Å². The molecule has 2 aromatic carbocycles. The second kappa shape index (κ2) is 12.2. The quantitative estimate of drug-likeness (QED) is 0.449. The van der Waals surface area contributed by atoms with E-state index in [1.54, 1.807) is 28.8 Å². The lowest BCUT2D eigenvalue weighted by molar-refractivity contribution is -0.141. The van der Waals surface area contributed by atoms with Crippen LogP contribution in [0.5, 0.6) is 0 Å². The fourth-order valence-corrected chi connectivity index (χ4v) is 4.23. The number of carbonyl (C=O) groups excluding carboxylic acids is 2. The number of benzene rings is 2. The zero-order valence-corrected chi connectivity index (χ0v) is 19.9. The monoisotopic (exact) mass is 466 g/mol. The standard InChI is InChI=1S/C23H28Cl2N2O2S/c1-4-21(23(29)26-16(2)3)27(15-17-10-11-19(24)20(25)14-17)22(28)12-13-30-18-8-6-5-7-9-18/h5-11,14,16,21H,4,12-13,15H2,1-3H3,(H,26,29)/t21-/m0/s1. The van der Waals surface area contributed by atoms with Gasteiger partial charge in [-0.2, -0.15) is 0 Å². The van der Waals surface area contributed by atoms with Crippen molar-refractivity contribution in [3.05, 3.63) is 64.1 Å². The lowest BCUT2D eigenvalue weighted by Gasteiger charge is -2.31. The van der Waals surface area contributed by atoms with Gasteiger partial charge in [-0.05, 0) is 50.1 Å². The van der Waals surface area contributed by atoms with Gasteiger partial charge in [0.05, 0.1) is 10.0 Å². The molecule has 162 valence electrons. The Morgan fingerprint density at radius 3 is 2.37 bits per heavy atom. The van der Waals surface area contributed by atoms with Gasteiger partial charge in [-0.25, -0.2) is 0 Å². The number of nitrogens with zero attached hydrogens (tertiary/aromatic N) is 1. The fourth-order valence-electron chi connectivity index (χ4n) is 3.05. The molecule has 0 saturated heterocycles. The average molecular weight is 467 g/mol. The second-order valence-corrected chi connectivity index (χ2v) is 9.25. The number of halogens is 2. The van der Waals surface area contributed by atoms with Crippen LogP contribution in [0, 0.1) is 0 Å². The summed E-state index contributed by atoms with van der Waals surface area (Å²) in [6.45, 7) is 6.03. The summed E-state index contributed by atoms with van der Waals surface area (Å²) in [7, 11) is 0. The van der Waals surface area contributed by atoms with Gasteiger partial charge in [0.1, 0.15) is 6.04 Å². The molecule has 0 spiro atoms. The summed E-state index contributed by atoms with van der Waals surface area (Å²) in [6, 6.07) is 14.7. The summed E-state index contributed by atoms with van der Waals surface area (Å²) in [5.74, 6) is 0.440. The molecule has 2 aromatic rings. The van der Waals surface area contributed by atoms with Crippen LogP contribution in [0.4, 0.5) is 0 Å². The fraction of sp³-hybridized carbons (Fsp3) is 0.391. The second-order valence-electron chi connectivity index (χ2n) is 7.27. The molecule has 0 aliphatic rings. The van der Waals surface area contributed by atoms with Crippen LogP contribution in [0.25, 0.3) is 0 Å². The highest BCUT2D eigenvalue weighted by Gasteiger charge is 2.28. The summed E-state index contributed by atoms with van der Waals surface area (Å²) in [6.07, 6.45) is 0.865. The van der Waals surface area contributed by atoms with E-state index in [4.69, 9.17) is 23.2 Å². The molecule has 0 radical (unpaired) electrons. The average Bonchev–Trinajstić information content (AvgIpc) is 2.70. The van der Waals surface area contributed by atoms with Crippen LogP contribution >= 0.6 is 35.0 Å². The zero-order valence-electron chi connectivity index (χ0n) is 17.5. The lowest BCUT2D eigenvalue weighted by atomic mass is 10.1. The first-order valence-corrected chi connectivity index (χ1v) is 11.8. The molecule has 2 rings (SSSR count). The molecule has 0 aromatic heterocycles. The van der Waals surface area contributed by atoms with Gasteiger partial charge in [0.2, 0.25) is 11.8 Å². The van der Waals surface area contributed by atoms with Crippen molar-refractivity contribution in [3.8, 4) is 0 Å². The van der Waals surface area contributed by atoms with E-state index in [2.05, 4.69) is 5.32 Å². The van der Waals surface area contributed by atoms with E-state index in [0.29, 0.717) is 35.2 Å². The normalized spacial score (nSPS) is 11.9. The molecule has 30 heavy (non-hydrogen) atoms. The van der Waals surface area contributed by atoms with Crippen molar-refractivity contribution >= 4 is 46.8 Å². The number of hydrogen-bond donors (Lipinski definition) is 1. The topological polar surface area (TPSA) is 49.4 Å². The number of hydrogen-bond acceptors (Lipinski definition) is 3. The molecule has 4 nitrogen and oxygen atoms in total. The van der Waals surface area contributed by atoms with Gasteiger partial charge in [0, 0.05) is 29.7 Å². The maximum absolute atomic E-state index is 13.2. The predicted molar refractivity (Wildman–Crippen MR) is 126 cm³/mol. The van der Waals surface area contributed by atoms with Crippen molar-refractivity contribution in [2.45, 2.75) is 57.1 Å². The van der Waals surface area contributed by atoms with E-state index in [-0.39, 0.29) is 17.9 Å². The van der Waals surface area contributed by atoms with Crippen molar-refractivity contribution in [1.29, 1.82) is 0 Å². The molecular formula is C23H28Cl2N2O2S. The predicted octanol–water partition coefficient (Wildman–Crippen LogP) is 5.81. The Labute approximate surface area is 193 Å². The Morgan fingerprint density at radius 2 is 1.77 bits per heavy atom. The van der Waals surface area contributed by atoms with Gasteiger partial charge in [0.15, 0.2) is 0 Å². The van der Waals surface area contributed by atoms with Crippen molar-refractivity contribution in [1.82, 2.24) is 10.2 Å². The van der Waals surface area contributed by atoms with E-state index in [1.807, 2.05) is 57.2 Å². The largest absolute Gasteiger partial charge is 0.352 e. The Hall–Kier alpha value is -1.69. The van der Waals surface area contributed by atoms with Gasteiger partial charge < -0.3 is 10.2 Å². The summed E-state index contributed by atoms with van der Waals surface area (Å²) in [5, 5.41) is 3.82. The highest BCUT2D eigenvalue weighted by Crippen LogP contribution is 2.25. The third kappa shape index (κ3) is 7.53. The van der Waals surface area contributed by atoms with Gasteiger partial charge in [-0.15, -0.1) is 11.8 Å². The first-order valence-electron chi connectivity index (χ1n) is 10.0. The van der Waals surface area contributed by atoms with Gasteiger partial charge in [-0.1, -0.05) is 54.4 Å². The van der Waals surface area contributed by atoms with E-state index < -0.39 is 6.04 Å². The molecule has 0 bridgehead atoms. The Kier molecular flexibility index (Phi) is 10.0. The summed E-state index contributed by atoms with van der Waals surface area (Å²) in [5.41, 5.74) is 0.837. The molecule has 2 amide bonds. The van der Waals surface area contributed by atoms with Crippen LogP contribution in [-0.4, -0.2) is 34.6 Å². The van der Waals surface area contributed by atoms with Gasteiger partial charge >= 0.3 is 0 Å². The van der Waals surface area contributed by atoms with Crippen LogP contribution in [0.3, 0.4) is 0 Å². The van der Waals surface area contributed by atoms with Crippen LogP contribution < -0.4 is 5.32 Å². The minimum Gasteiger partial charge on any atom is -0.352 e. The summed E-state index contributed by atoms with van der Waals surface area (Å²) in [4.78, 5) is 28.7. The highest BCUT2D eigenvalue weighted by atomic mass is 35.5. The SMILES string of the molecule is CC[C@@H](C(=O)NC(C)C)N(Cc1ccc(Cl)c(Cl)c1)C(=O)CCSc1ccccc1. The van der Waals surface area contributed by atoms with Gasteiger partial charge in [0.25, 0.3) is 0 Å². The van der Waals surface area contributed by atoms with Gasteiger partial charge in [-0.3, -0.25) is 9.59 Å². The number of amides is 2.